The summed E-state index contributed by atoms with van der Waals surface area (Å²) in [6, 6.07) is 13.6. The maximum absolute atomic E-state index is 13.7. The van der Waals surface area contributed by atoms with Crippen LogP contribution >= 0.6 is 0 Å². The number of amides is 2. The van der Waals surface area contributed by atoms with Gasteiger partial charge in [0.2, 0.25) is 10.0 Å². The Morgan fingerprint density at radius 2 is 1.55 bits per heavy atom. The first-order valence-corrected chi connectivity index (χ1v) is 17.2. The third-order valence-corrected chi connectivity index (χ3v) is 8.43. The molecule has 0 heterocycles. The summed E-state index contributed by atoms with van der Waals surface area (Å²) in [5.41, 5.74) is 2.09. The third-order valence-electron chi connectivity index (χ3n) is 6.79. The van der Waals surface area contributed by atoms with E-state index < -0.39 is 28.1 Å². The highest BCUT2D eigenvalue weighted by Crippen LogP contribution is 2.16. The van der Waals surface area contributed by atoms with Crippen LogP contribution < -0.4 is 10.1 Å². The number of benzene rings is 2. The van der Waals surface area contributed by atoms with Crippen LogP contribution in [0.2, 0.25) is 0 Å². The van der Waals surface area contributed by atoms with E-state index in [2.05, 4.69) is 22.0 Å². The van der Waals surface area contributed by atoms with Crippen molar-refractivity contribution in [3.63, 3.8) is 0 Å². The van der Waals surface area contributed by atoms with Crippen molar-refractivity contribution < 1.29 is 23.1 Å². The zero-order valence-corrected chi connectivity index (χ0v) is 27.9. The fourth-order valence-corrected chi connectivity index (χ4v) is 6.52. The van der Waals surface area contributed by atoms with E-state index >= 15 is 0 Å². The predicted molar refractivity (Wildman–Crippen MR) is 177 cm³/mol. The van der Waals surface area contributed by atoms with Gasteiger partial charge in [0.25, 0.3) is 11.8 Å². The maximum Gasteiger partial charge on any atom is 0.253 e. The van der Waals surface area contributed by atoms with Crippen LogP contribution in [-0.4, -0.2) is 79.3 Å². The summed E-state index contributed by atoms with van der Waals surface area (Å²) >= 11 is 0. The van der Waals surface area contributed by atoms with E-state index in [4.69, 9.17) is 0 Å². The monoisotopic (exact) mass is 626 g/mol. The van der Waals surface area contributed by atoms with Crippen molar-refractivity contribution in [3.05, 3.63) is 70.8 Å². The number of hydrazine groups is 1. The molecule has 2 unspecified atom stereocenters. The summed E-state index contributed by atoms with van der Waals surface area (Å²) in [7, 11) is -3.61. The predicted octanol–water partition coefficient (Wildman–Crippen LogP) is 4.22. The van der Waals surface area contributed by atoms with Crippen LogP contribution in [0.4, 0.5) is 0 Å². The molecule has 0 spiro atoms. The second-order valence-corrected chi connectivity index (χ2v) is 13.3. The molecule has 9 nitrogen and oxygen atoms in total. The Bertz CT molecular complexity index is 1360. The van der Waals surface area contributed by atoms with Crippen molar-refractivity contribution in [2.45, 2.75) is 79.4 Å². The Morgan fingerprint density at radius 3 is 2.11 bits per heavy atom. The van der Waals surface area contributed by atoms with Gasteiger partial charge in [0, 0.05) is 42.9 Å². The fourth-order valence-electron chi connectivity index (χ4n) is 5.01. The van der Waals surface area contributed by atoms with Crippen molar-refractivity contribution in [1.82, 2.24) is 20.1 Å². The zero-order valence-electron chi connectivity index (χ0n) is 27.1. The molecule has 0 radical (unpaired) electrons. The summed E-state index contributed by atoms with van der Waals surface area (Å²) in [5, 5.41) is 15.9. The number of hydrogen-bond donors (Lipinski definition) is 3. The van der Waals surface area contributed by atoms with Crippen LogP contribution in [0.15, 0.2) is 48.5 Å². The van der Waals surface area contributed by atoms with Gasteiger partial charge in [-0.1, -0.05) is 70.9 Å². The maximum atomic E-state index is 13.7. The molecular formula is C34H50N4O5S. The molecule has 2 rings (SSSR count). The molecule has 0 saturated heterocycles. The normalized spacial score (nSPS) is 12.8. The lowest BCUT2D eigenvalue weighted by atomic mass is 9.99. The molecule has 0 aliphatic carbocycles. The highest BCUT2D eigenvalue weighted by atomic mass is 32.2. The largest absolute Gasteiger partial charge is 0.390 e. The molecule has 0 aromatic heterocycles. The Morgan fingerprint density at radius 1 is 0.932 bits per heavy atom. The van der Waals surface area contributed by atoms with Crippen molar-refractivity contribution in [2.24, 2.45) is 5.92 Å². The first-order valence-electron chi connectivity index (χ1n) is 15.6. The lowest BCUT2D eigenvalue weighted by Crippen LogP contribution is -2.53. The van der Waals surface area contributed by atoms with Gasteiger partial charge in [-0.05, 0) is 62.3 Å². The van der Waals surface area contributed by atoms with Gasteiger partial charge in [0.15, 0.2) is 0 Å². The summed E-state index contributed by atoms with van der Waals surface area (Å²) in [6.07, 6.45) is 1.48. The van der Waals surface area contributed by atoms with E-state index in [1.807, 2.05) is 65.0 Å². The molecule has 10 heteroatoms. The Balaban J connectivity index is 2.41. The Kier molecular flexibility index (Phi) is 15.6. The SMILES string of the molecule is CC#Cc1cc(C(=O)NC(Cc2ccccc2)C(O)CN(CCC)NS(=O)(=O)CC(C)C)cc(C(=O)N(CCC)CCC)c1. The number of carbonyl (C=O) groups excluding carboxylic acids is 2. The van der Waals surface area contributed by atoms with Gasteiger partial charge >= 0.3 is 0 Å². The van der Waals surface area contributed by atoms with Gasteiger partial charge in [0.05, 0.1) is 17.9 Å². The molecule has 0 saturated carbocycles. The number of sulfonamides is 1. The first kappa shape index (κ1) is 37.0. The van der Waals surface area contributed by atoms with Crippen molar-refractivity contribution in [1.29, 1.82) is 0 Å². The molecule has 2 amide bonds. The van der Waals surface area contributed by atoms with E-state index in [9.17, 15) is 23.1 Å². The van der Waals surface area contributed by atoms with Gasteiger partial charge in [-0.25, -0.2) is 13.4 Å². The molecule has 242 valence electrons. The number of nitrogens with zero attached hydrogens (tertiary/aromatic N) is 2. The number of nitrogens with one attached hydrogen (secondary N) is 2. The minimum Gasteiger partial charge on any atom is -0.390 e. The first-order chi connectivity index (χ1) is 20.9. The molecule has 0 aliphatic rings. The molecule has 0 aliphatic heterocycles. The average molecular weight is 627 g/mol. The molecule has 0 fully saturated rings. The minimum absolute atomic E-state index is 0.0307. The van der Waals surface area contributed by atoms with Crippen molar-refractivity contribution in [2.75, 3.05) is 31.9 Å². The summed E-state index contributed by atoms with van der Waals surface area (Å²) in [4.78, 5) is 31.6. The van der Waals surface area contributed by atoms with E-state index in [-0.39, 0.29) is 29.7 Å². The Labute approximate surface area is 264 Å². The van der Waals surface area contributed by atoms with Gasteiger partial charge in [0.1, 0.15) is 0 Å². The summed E-state index contributed by atoms with van der Waals surface area (Å²) < 4.78 is 25.4. The van der Waals surface area contributed by atoms with E-state index in [0.717, 1.165) is 18.4 Å². The lowest BCUT2D eigenvalue weighted by molar-refractivity contribution is 0.0618. The van der Waals surface area contributed by atoms with Gasteiger partial charge in [-0.2, -0.15) is 0 Å². The molecule has 44 heavy (non-hydrogen) atoms. The molecule has 0 bridgehead atoms. The second-order valence-electron chi connectivity index (χ2n) is 11.5. The van der Waals surface area contributed by atoms with Gasteiger partial charge < -0.3 is 15.3 Å². The van der Waals surface area contributed by atoms with Crippen LogP contribution in [0.25, 0.3) is 0 Å². The lowest BCUT2D eigenvalue weighted by Gasteiger charge is -2.30. The number of carbonyl (C=O) groups is 2. The van der Waals surface area contributed by atoms with Gasteiger partial charge in [-0.15, -0.1) is 10.8 Å². The highest BCUT2D eigenvalue weighted by molar-refractivity contribution is 7.89. The van der Waals surface area contributed by atoms with Crippen LogP contribution in [0.5, 0.6) is 0 Å². The van der Waals surface area contributed by atoms with Crippen LogP contribution in [-0.2, 0) is 16.4 Å². The molecule has 2 atom stereocenters. The molecule has 3 N–H and O–H groups in total. The van der Waals surface area contributed by atoms with Crippen LogP contribution in [0, 0.1) is 17.8 Å². The highest BCUT2D eigenvalue weighted by Gasteiger charge is 2.27. The van der Waals surface area contributed by atoms with Crippen molar-refractivity contribution >= 4 is 21.8 Å². The molecule has 2 aromatic carbocycles. The standard InChI is InChI=1S/C34H50N4O5S/c1-7-14-28-20-29(23-30(21-28)34(41)37(17-8-2)18-9-3)33(40)35-31(22-27-15-12-11-13-16-27)32(39)24-38(19-10-4)36-44(42,43)25-26(5)6/h11-13,15-16,20-21,23,26,31-32,36,39H,8-10,17-19,22,24-25H2,1-6H3,(H,35,40). The quantitative estimate of drug-likeness (QED) is 0.168. The van der Waals surface area contributed by atoms with E-state index in [0.29, 0.717) is 43.6 Å². The number of rotatable bonds is 18. The van der Waals surface area contributed by atoms with Gasteiger partial charge in [-0.3, -0.25) is 9.59 Å². The molecule has 2 aromatic rings. The summed E-state index contributed by atoms with van der Waals surface area (Å²) in [6.45, 7) is 12.9. The van der Waals surface area contributed by atoms with E-state index in [1.165, 1.54) is 5.01 Å². The topological polar surface area (TPSA) is 119 Å². The number of hydrogen-bond acceptors (Lipinski definition) is 6. The van der Waals surface area contributed by atoms with Crippen molar-refractivity contribution in [3.8, 4) is 11.8 Å². The average Bonchev–Trinajstić information content (AvgIpc) is 2.96. The zero-order chi connectivity index (χ0) is 32.7. The van der Waals surface area contributed by atoms with E-state index in [1.54, 1.807) is 30.0 Å². The number of aliphatic hydroxyl groups excluding tert-OH is 1. The second kappa shape index (κ2) is 18.5. The minimum atomic E-state index is -3.61. The number of aliphatic hydroxyl groups is 1. The summed E-state index contributed by atoms with van der Waals surface area (Å²) in [5.74, 6) is 5.09. The Hall–Kier alpha value is -3.23. The fraction of sp³-hybridized carbons (Fsp3) is 0.529. The van der Waals surface area contributed by atoms with Crippen LogP contribution in [0.3, 0.4) is 0 Å². The molecular weight excluding hydrogens is 576 g/mol. The van der Waals surface area contributed by atoms with Crippen LogP contribution in [0.1, 0.15) is 92.6 Å². The smallest absolute Gasteiger partial charge is 0.253 e. The third kappa shape index (κ3) is 12.4.